The lowest BCUT2D eigenvalue weighted by Gasteiger charge is -2.19. The molecule has 4 aromatic rings. The van der Waals surface area contributed by atoms with E-state index in [9.17, 15) is 0 Å². The lowest BCUT2D eigenvalue weighted by Crippen LogP contribution is -1.97. The van der Waals surface area contributed by atoms with Crippen LogP contribution in [0.1, 0.15) is 22.3 Å². The Morgan fingerprint density at radius 1 is 0.542 bits per heavy atom. The van der Waals surface area contributed by atoms with E-state index >= 15 is 0 Å². The van der Waals surface area contributed by atoms with Crippen LogP contribution in [0.3, 0.4) is 0 Å². The molecule has 4 rings (SSSR count). The first-order valence-electron chi connectivity index (χ1n) is 8.57. The van der Waals surface area contributed by atoms with Crippen LogP contribution in [0.15, 0.2) is 60.7 Å². The maximum absolute atomic E-state index is 2.28. The highest BCUT2D eigenvalue weighted by molar-refractivity contribution is 6.04. The Morgan fingerprint density at radius 2 is 1.21 bits per heavy atom. The van der Waals surface area contributed by atoms with Gasteiger partial charge in [0.15, 0.2) is 0 Å². The number of hydrogen-bond donors (Lipinski definition) is 0. The van der Waals surface area contributed by atoms with E-state index in [1.165, 1.54) is 54.9 Å². The minimum Gasteiger partial charge on any atom is -0.0616 e. The molecule has 0 unspecified atom stereocenters. The summed E-state index contributed by atoms with van der Waals surface area (Å²) in [5.41, 5.74) is 8.27. The molecule has 0 radical (unpaired) electrons. The fraction of sp³-hybridized carbons (Fsp3) is 0.167. The lowest BCUT2D eigenvalue weighted by molar-refractivity contribution is 1.33. The van der Waals surface area contributed by atoms with Crippen molar-refractivity contribution in [2.45, 2.75) is 27.7 Å². The van der Waals surface area contributed by atoms with Gasteiger partial charge < -0.3 is 0 Å². The van der Waals surface area contributed by atoms with Crippen LogP contribution in [0.25, 0.3) is 32.7 Å². The first-order chi connectivity index (χ1) is 11.6. The van der Waals surface area contributed by atoms with Gasteiger partial charge in [0.2, 0.25) is 0 Å². The molecule has 0 saturated heterocycles. The lowest BCUT2D eigenvalue weighted by atomic mass is 9.84. The van der Waals surface area contributed by atoms with Gasteiger partial charge in [-0.1, -0.05) is 60.7 Å². The van der Waals surface area contributed by atoms with Crippen molar-refractivity contribution < 1.29 is 0 Å². The van der Waals surface area contributed by atoms with Crippen molar-refractivity contribution in [1.82, 2.24) is 0 Å². The summed E-state index contributed by atoms with van der Waals surface area (Å²) in [4.78, 5) is 0. The zero-order valence-corrected chi connectivity index (χ0v) is 14.8. The molecule has 0 fully saturated rings. The molecule has 0 aliphatic heterocycles. The predicted octanol–water partition coefficient (Wildman–Crippen LogP) is 6.89. The highest BCUT2D eigenvalue weighted by atomic mass is 14.2. The third-order valence-electron chi connectivity index (χ3n) is 5.42. The van der Waals surface area contributed by atoms with Gasteiger partial charge in [0.1, 0.15) is 0 Å². The van der Waals surface area contributed by atoms with Crippen LogP contribution in [0, 0.1) is 27.7 Å². The Bertz CT molecular complexity index is 1080. The normalized spacial score (nSPS) is 11.3. The summed E-state index contributed by atoms with van der Waals surface area (Å²) < 4.78 is 0. The van der Waals surface area contributed by atoms with E-state index in [1.807, 2.05) is 0 Å². The molecule has 24 heavy (non-hydrogen) atoms. The zero-order valence-electron chi connectivity index (χ0n) is 14.8. The number of rotatable bonds is 1. The zero-order chi connectivity index (χ0) is 16.8. The second-order valence-electron chi connectivity index (χ2n) is 6.77. The van der Waals surface area contributed by atoms with Crippen molar-refractivity contribution in [3.8, 4) is 11.1 Å². The summed E-state index contributed by atoms with van der Waals surface area (Å²) in [7, 11) is 0. The van der Waals surface area contributed by atoms with Crippen molar-refractivity contribution >= 4 is 21.5 Å². The van der Waals surface area contributed by atoms with Gasteiger partial charge >= 0.3 is 0 Å². The molecule has 0 saturated carbocycles. The van der Waals surface area contributed by atoms with E-state index in [1.54, 1.807) is 0 Å². The molecule has 0 heterocycles. The third kappa shape index (κ3) is 2.06. The predicted molar refractivity (Wildman–Crippen MR) is 106 cm³/mol. The van der Waals surface area contributed by atoms with Crippen LogP contribution >= 0.6 is 0 Å². The van der Waals surface area contributed by atoms with Crippen molar-refractivity contribution in [2.75, 3.05) is 0 Å². The van der Waals surface area contributed by atoms with E-state index in [0.717, 1.165) is 0 Å². The molecule has 0 aromatic heterocycles. The van der Waals surface area contributed by atoms with E-state index in [0.29, 0.717) is 0 Å². The monoisotopic (exact) mass is 310 g/mol. The molecule has 0 aliphatic rings. The van der Waals surface area contributed by atoms with Crippen molar-refractivity contribution in [1.29, 1.82) is 0 Å². The van der Waals surface area contributed by atoms with E-state index < -0.39 is 0 Å². The van der Waals surface area contributed by atoms with Gasteiger partial charge in [0.25, 0.3) is 0 Å². The average Bonchev–Trinajstić information content (AvgIpc) is 2.60. The maximum atomic E-state index is 2.28. The van der Waals surface area contributed by atoms with Crippen LogP contribution < -0.4 is 0 Å². The molecule has 0 aliphatic carbocycles. The number of fused-ring (bicyclic) bond motifs is 2. The Kier molecular flexibility index (Phi) is 3.42. The molecule has 0 N–H and O–H groups in total. The first-order valence-corrected chi connectivity index (χ1v) is 8.57. The molecule has 4 aromatic carbocycles. The quantitative estimate of drug-likeness (QED) is 0.359. The van der Waals surface area contributed by atoms with E-state index in [-0.39, 0.29) is 0 Å². The van der Waals surface area contributed by atoms with Crippen LogP contribution in [0.4, 0.5) is 0 Å². The van der Waals surface area contributed by atoms with E-state index in [4.69, 9.17) is 0 Å². The second-order valence-corrected chi connectivity index (χ2v) is 6.77. The minimum atomic E-state index is 1.30. The molecular weight excluding hydrogens is 288 g/mol. The largest absolute Gasteiger partial charge is 0.0616 e. The first kappa shape index (κ1) is 15.0. The topological polar surface area (TPSA) is 0 Å². The second kappa shape index (κ2) is 5.49. The summed E-state index contributed by atoms with van der Waals surface area (Å²) >= 11 is 0. The fourth-order valence-corrected chi connectivity index (χ4v) is 4.12. The van der Waals surface area contributed by atoms with Gasteiger partial charge in [-0.3, -0.25) is 0 Å². The summed E-state index contributed by atoms with van der Waals surface area (Å²) in [6, 6.07) is 22.0. The van der Waals surface area contributed by atoms with Gasteiger partial charge in [-0.25, -0.2) is 0 Å². The summed E-state index contributed by atoms with van der Waals surface area (Å²) in [5, 5.41) is 5.42. The number of benzene rings is 4. The van der Waals surface area contributed by atoms with Gasteiger partial charge in [-0.15, -0.1) is 0 Å². The molecule has 0 amide bonds. The number of hydrogen-bond acceptors (Lipinski definition) is 0. The molecule has 118 valence electrons. The standard InChI is InChI=1S/C24H22/c1-15-9-7-13-20-16(2)17(3)24(18(4)23(15)20)22-14-8-11-19-10-5-6-12-21(19)22/h5-14H,1-4H3. The minimum absolute atomic E-state index is 1.30. The molecular formula is C24H22. The summed E-state index contributed by atoms with van der Waals surface area (Å²) in [5.74, 6) is 0. The van der Waals surface area contributed by atoms with Gasteiger partial charge in [-0.2, -0.15) is 0 Å². The Morgan fingerprint density at radius 3 is 2.04 bits per heavy atom. The van der Waals surface area contributed by atoms with Crippen molar-refractivity contribution in [3.05, 3.63) is 82.9 Å². The SMILES string of the molecule is Cc1c(-c2cccc3ccccc23)c(C)c2c(C)cccc2c1C. The Labute approximate surface area is 143 Å². The third-order valence-corrected chi connectivity index (χ3v) is 5.42. The van der Waals surface area contributed by atoms with Crippen molar-refractivity contribution in [3.63, 3.8) is 0 Å². The molecule has 0 nitrogen and oxygen atoms in total. The highest BCUT2D eigenvalue weighted by Crippen LogP contribution is 2.39. The van der Waals surface area contributed by atoms with Crippen LogP contribution in [0.2, 0.25) is 0 Å². The molecule has 0 spiro atoms. The van der Waals surface area contributed by atoms with Gasteiger partial charge in [0, 0.05) is 0 Å². The van der Waals surface area contributed by atoms with E-state index in [2.05, 4.69) is 88.4 Å². The molecule has 0 atom stereocenters. The summed E-state index contributed by atoms with van der Waals surface area (Å²) in [6.07, 6.45) is 0. The fourth-order valence-electron chi connectivity index (χ4n) is 4.12. The van der Waals surface area contributed by atoms with Crippen molar-refractivity contribution in [2.24, 2.45) is 0 Å². The highest BCUT2D eigenvalue weighted by Gasteiger charge is 2.16. The Balaban J connectivity index is 2.20. The average molecular weight is 310 g/mol. The number of aryl methyl sites for hydroxylation is 3. The molecule has 0 heteroatoms. The van der Waals surface area contributed by atoms with Crippen LogP contribution in [-0.2, 0) is 0 Å². The van der Waals surface area contributed by atoms with Gasteiger partial charge in [0.05, 0.1) is 0 Å². The Hall–Kier alpha value is -2.60. The van der Waals surface area contributed by atoms with Crippen LogP contribution in [-0.4, -0.2) is 0 Å². The smallest absolute Gasteiger partial charge is 0.00998 e. The van der Waals surface area contributed by atoms with Crippen LogP contribution in [0.5, 0.6) is 0 Å². The maximum Gasteiger partial charge on any atom is -0.00998 e. The molecule has 0 bridgehead atoms. The van der Waals surface area contributed by atoms with Gasteiger partial charge in [-0.05, 0) is 82.6 Å². The summed E-state index contributed by atoms with van der Waals surface area (Å²) in [6.45, 7) is 9.02.